The molecule has 6 aromatic rings. The Morgan fingerprint density at radius 1 is 0.667 bits per heavy atom. The summed E-state index contributed by atoms with van der Waals surface area (Å²) in [4.78, 5) is 17.5. The van der Waals surface area contributed by atoms with Crippen molar-refractivity contribution in [3.8, 4) is 0 Å². The van der Waals surface area contributed by atoms with Crippen molar-refractivity contribution in [1.82, 2.24) is 0 Å². The molecular weight excluding hydrogens is 967 g/mol. The monoisotopic (exact) mass is 1030 g/mol. The number of carbonyl (C=O) groups is 1. The maximum absolute atomic E-state index is 14.2. The molecule has 2 fully saturated rings. The van der Waals surface area contributed by atoms with Gasteiger partial charge in [0, 0.05) is 4.91 Å². The van der Waals surface area contributed by atoms with Crippen molar-refractivity contribution >= 4 is 24.7 Å². The van der Waals surface area contributed by atoms with Crippen LogP contribution in [0.4, 0.5) is 0 Å². The molecule has 14 nitrogen and oxygen atoms in total. The van der Waals surface area contributed by atoms with Crippen LogP contribution in [0.3, 0.4) is 0 Å². The number of hydrogen-bond donors (Lipinski definition) is 1. The number of benzene rings is 6. The van der Waals surface area contributed by atoms with E-state index in [2.05, 4.69) is 61.6 Å². The highest BCUT2D eigenvalue weighted by molar-refractivity contribution is 6.99. The summed E-state index contributed by atoms with van der Waals surface area (Å²) in [5.74, 6) is -0.659. The van der Waals surface area contributed by atoms with Crippen LogP contribution in [0.5, 0.6) is 0 Å². The molecule has 1 unspecified atom stereocenters. The first-order chi connectivity index (χ1) is 36.5. The zero-order valence-electron chi connectivity index (χ0n) is 42.9. The van der Waals surface area contributed by atoms with Crippen molar-refractivity contribution < 1.29 is 52.2 Å². The molecule has 0 radical (unpaired) electrons. The zero-order valence-corrected chi connectivity index (χ0v) is 43.9. The molecule has 15 heteroatoms. The predicted molar refractivity (Wildman–Crippen MR) is 287 cm³/mol. The number of hydrogen-bond acceptors (Lipinski definition) is 12. The molecule has 2 aliphatic rings. The molecule has 11 atom stereocenters. The van der Waals surface area contributed by atoms with Crippen LogP contribution >= 0.6 is 0 Å². The van der Waals surface area contributed by atoms with Gasteiger partial charge in [0.25, 0.3) is 8.32 Å². The second-order valence-corrected chi connectivity index (χ2v) is 24.0. The van der Waals surface area contributed by atoms with E-state index < -0.39 is 86.8 Å². The third-order valence-corrected chi connectivity index (χ3v) is 18.5. The minimum absolute atomic E-state index is 0.0495. The van der Waals surface area contributed by atoms with Crippen LogP contribution in [-0.2, 0) is 62.1 Å². The third kappa shape index (κ3) is 13.8. The average Bonchev–Trinajstić information content (AvgIpc) is 3.43. The number of nitrogens with zero attached hydrogens (tertiary/aromatic N) is 3. The first-order valence-electron chi connectivity index (χ1n) is 25.4. The van der Waals surface area contributed by atoms with Gasteiger partial charge in [-0.2, -0.15) is 0 Å². The quantitative estimate of drug-likeness (QED) is 0.0162. The normalized spacial score (nSPS) is 24.3. The summed E-state index contributed by atoms with van der Waals surface area (Å²) in [5.41, 5.74) is 13.2. The molecule has 6 aromatic carbocycles. The Kier molecular flexibility index (Phi) is 19.4. The molecule has 8 rings (SSSR count). The van der Waals surface area contributed by atoms with E-state index in [-0.39, 0.29) is 38.6 Å². The van der Waals surface area contributed by atoms with Crippen LogP contribution in [-0.4, -0.2) is 100 Å². The fraction of sp³-hybridized carbons (Fsp3) is 0.350. The molecule has 0 spiro atoms. The Balaban J connectivity index is 1.22. The van der Waals surface area contributed by atoms with Gasteiger partial charge in [-0.15, -0.1) is 6.58 Å². The minimum Gasteiger partial charge on any atom is -0.450 e. The van der Waals surface area contributed by atoms with Gasteiger partial charge in [-0.05, 0) is 56.7 Å². The summed E-state index contributed by atoms with van der Waals surface area (Å²) in [6.07, 6.45) is -9.94. The number of rotatable bonds is 23. The van der Waals surface area contributed by atoms with Gasteiger partial charge in [0.15, 0.2) is 18.7 Å². The van der Waals surface area contributed by atoms with E-state index in [0.29, 0.717) is 0 Å². The van der Waals surface area contributed by atoms with Crippen molar-refractivity contribution in [1.29, 1.82) is 0 Å². The Labute approximate surface area is 440 Å². The molecule has 0 aliphatic carbocycles. The predicted octanol–water partition coefficient (Wildman–Crippen LogP) is 9.64. The summed E-state index contributed by atoms with van der Waals surface area (Å²) < 4.78 is 61.3. The molecule has 0 amide bonds. The molecular formula is C60H67N3O11Si. The Bertz CT molecular complexity index is 2680. The maximum atomic E-state index is 14.2. The first-order valence-corrected chi connectivity index (χ1v) is 27.3. The number of aliphatic hydroxyl groups excluding tert-OH is 1. The van der Waals surface area contributed by atoms with E-state index in [1.54, 1.807) is 43.3 Å². The van der Waals surface area contributed by atoms with Gasteiger partial charge in [-0.1, -0.05) is 202 Å². The molecule has 0 saturated carbocycles. The van der Waals surface area contributed by atoms with Crippen LogP contribution in [0, 0.1) is 0 Å². The van der Waals surface area contributed by atoms with E-state index in [0.717, 1.165) is 27.1 Å². The number of ether oxygens (including phenoxy) is 8. The molecule has 2 saturated heterocycles. The first kappa shape index (κ1) is 54.9. The molecule has 392 valence electrons. The van der Waals surface area contributed by atoms with Crippen LogP contribution in [0.1, 0.15) is 54.7 Å². The standard InChI is InChI=1S/C60H67N3O11Si/c1-6-42(2)70-59-56(73-57(65)46-31-19-10-20-32-46)55(68-39-45-29-17-9-18-30-45)53(50(72-59)40-66-37-43-25-13-7-14-26-43)74-58-51(62-63-61)54(67-38-44-27-15-8-16-28-44)52(64)49(71-58)41-69-75(60(3,4)5,47-33-21-11-22-34-47)48-35-23-12-24-36-48/h6-36,42,49-56,58-59,64H,1,37-41H2,2-5H3/t42?,49-,50-,51-,52-,53-,54-,55+,56-,58-,59-/m1/s1. The van der Waals surface area contributed by atoms with Crippen LogP contribution < -0.4 is 10.4 Å². The van der Waals surface area contributed by atoms with E-state index >= 15 is 0 Å². The van der Waals surface area contributed by atoms with E-state index in [4.69, 9.17) is 42.3 Å². The van der Waals surface area contributed by atoms with E-state index in [9.17, 15) is 15.4 Å². The lowest BCUT2D eigenvalue weighted by atomic mass is 9.95. The van der Waals surface area contributed by atoms with Gasteiger partial charge in [0.2, 0.25) is 0 Å². The number of carbonyl (C=O) groups excluding carboxylic acids is 1. The zero-order chi connectivity index (χ0) is 52.6. The molecule has 2 aliphatic heterocycles. The maximum Gasteiger partial charge on any atom is 0.338 e. The Hall–Kier alpha value is -6.30. The van der Waals surface area contributed by atoms with Crippen LogP contribution in [0.2, 0.25) is 5.04 Å². The van der Waals surface area contributed by atoms with Gasteiger partial charge in [-0.25, -0.2) is 4.79 Å². The average molecular weight is 1030 g/mol. The highest BCUT2D eigenvalue weighted by atomic mass is 28.4. The third-order valence-electron chi connectivity index (χ3n) is 13.5. The number of aliphatic hydroxyl groups is 1. The van der Waals surface area contributed by atoms with Gasteiger partial charge in [0.05, 0.1) is 50.8 Å². The summed E-state index contributed by atoms with van der Waals surface area (Å²) >= 11 is 0. The minimum atomic E-state index is -3.22. The molecule has 75 heavy (non-hydrogen) atoms. The topological polar surface area (TPSA) is 169 Å². The summed E-state index contributed by atoms with van der Waals surface area (Å²) in [7, 11) is -3.22. The van der Waals surface area contributed by atoms with Crippen LogP contribution in [0.15, 0.2) is 200 Å². The number of esters is 1. The van der Waals surface area contributed by atoms with Gasteiger partial charge in [0.1, 0.15) is 36.6 Å². The Morgan fingerprint density at radius 3 is 1.65 bits per heavy atom. The summed E-state index contributed by atoms with van der Waals surface area (Å²) in [6.45, 7) is 12.4. The van der Waals surface area contributed by atoms with E-state index in [1.165, 1.54) is 0 Å². The lowest BCUT2D eigenvalue weighted by molar-refractivity contribution is -0.355. The molecule has 0 aromatic heterocycles. The van der Waals surface area contributed by atoms with Gasteiger partial charge < -0.3 is 47.4 Å². The van der Waals surface area contributed by atoms with E-state index in [1.807, 2.05) is 127 Å². The lowest BCUT2D eigenvalue weighted by Crippen LogP contribution is -2.69. The summed E-state index contributed by atoms with van der Waals surface area (Å²) in [6, 6.07) is 56.3. The molecule has 0 bridgehead atoms. The van der Waals surface area contributed by atoms with Crippen molar-refractivity contribution in [2.24, 2.45) is 5.11 Å². The highest BCUT2D eigenvalue weighted by Gasteiger charge is 2.56. The number of azide groups is 1. The van der Waals surface area contributed by atoms with Crippen LogP contribution in [0.25, 0.3) is 10.4 Å². The Morgan fingerprint density at radius 2 is 1.15 bits per heavy atom. The molecule has 1 N–H and O–H groups in total. The fourth-order valence-electron chi connectivity index (χ4n) is 9.69. The van der Waals surface area contributed by atoms with Crippen molar-refractivity contribution in [2.75, 3.05) is 13.2 Å². The second-order valence-electron chi connectivity index (χ2n) is 19.7. The highest BCUT2D eigenvalue weighted by Crippen LogP contribution is 2.39. The van der Waals surface area contributed by atoms with Crippen molar-refractivity contribution in [2.45, 2.75) is 120 Å². The summed E-state index contributed by atoms with van der Waals surface area (Å²) in [5, 5.41) is 18.5. The lowest BCUT2D eigenvalue weighted by Gasteiger charge is -2.49. The van der Waals surface area contributed by atoms with Crippen molar-refractivity contribution in [3.05, 3.63) is 227 Å². The SMILES string of the molecule is C=CC(C)O[C@@H]1O[C@H](COCc2ccccc2)[C@@H](O[C@H]2O[C@H](CO[Si](c3ccccc3)(c3ccccc3)C(C)(C)C)[C@@H](O)[C@H](OCc3ccccc3)[C@H]2N=[N+]=[N-])[C@H](OCc2ccccc2)[C@H]1OC(=O)c1ccccc1. The van der Waals surface area contributed by atoms with Gasteiger partial charge in [-0.3, -0.25) is 0 Å². The van der Waals surface area contributed by atoms with Crippen molar-refractivity contribution in [3.63, 3.8) is 0 Å². The second kappa shape index (κ2) is 26.5. The molecule has 2 heterocycles. The smallest absolute Gasteiger partial charge is 0.338 e. The van der Waals surface area contributed by atoms with Gasteiger partial charge >= 0.3 is 5.97 Å². The fourth-order valence-corrected chi connectivity index (χ4v) is 14.3. The largest absolute Gasteiger partial charge is 0.450 e.